The average molecular weight is 516 g/mol. The monoisotopic (exact) mass is 515 g/mol. The fraction of sp³-hybridized carbons (Fsp3) is 0.323. The van der Waals surface area contributed by atoms with Gasteiger partial charge in [-0.3, -0.25) is 4.99 Å². The Morgan fingerprint density at radius 3 is 2.39 bits per heavy atom. The van der Waals surface area contributed by atoms with Crippen molar-refractivity contribution in [3.8, 4) is 0 Å². The molecule has 3 aromatic carbocycles. The quantitative estimate of drug-likeness (QED) is 0.433. The minimum atomic E-state index is -0.781. The molecule has 0 bridgehead atoms. The number of fused-ring (bicyclic) bond motifs is 1. The van der Waals surface area contributed by atoms with Crippen molar-refractivity contribution >= 4 is 11.5 Å². The molecule has 2 saturated heterocycles. The number of hydrogen-bond donors (Lipinski definition) is 0. The molecule has 3 heterocycles. The number of nitrogens with zero attached hydrogens (tertiary/aromatic N) is 1. The molecule has 2 fully saturated rings. The van der Waals surface area contributed by atoms with Crippen LogP contribution in [0.1, 0.15) is 30.5 Å². The molecule has 196 valence electrons. The van der Waals surface area contributed by atoms with Crippen molar-refractivity contribution in [2.75, 3.05) is 6.54 Å². The Bertz CT molecular complexity index is 1330. The van der Waals surface area contributed by atoms with Gasteiger partial charge in [-0.05, 0) is 31.5 Å². The number of halogens is 1. The van der Waals surface area contributed by atoms with Crippen LogP contribution in [0, 0.1) is 5.82 Å². The molecule has 0 aromatic heterocycles. The van der Waals surface area contributed by atoms with E-state index >= 15 is 0 Å². The van der Waals surface area contributed by atoms with Gasteiger partial charge in [-0.2, -0.15) is 0 Å². The summed E-state index contributed by atoms with van der Waals surface area (Å²) in [5.41, 5.74) is 3.25. The first-order valence-electron chi connectivity index (χ1n) is 12.9. The second kappa shape index (κ2) is 10.4. The topological polar surface area (TPSA) is 58.5 Å². The number of ether oxygens (including phenoxy) is 5. The maximum atomic E-state index is 14.1. The van der Waals surface area contributed by atoms with Crippen LogP contribution in [0.3, 0.4) is 0 Å². The van der Waals surface area contributed by atoms with Crippen LogP contribution in [0.25, 0.3) is 5.76 Å². The number of benzene rings is 3. The van der Waals surface area contributed by atoms with E-state index < -0.39 is 36.5 Å². The average Bonchev–Trinajstić information content (AvgIpc) is 3.29. The van der Waals surface area contributed by atoms with Crippen molar-refractivity contribution in [3.63, 3.8) is 0 Å². The van der Waals surface area contributed by atoms with E-state index in [1.807, 2.05) is 86.7 Å². The van der Waals surface area contributed by atoms with E-state index in [0.717, 1.165) is 11.1 Å². The Morgan fingerprint density at radius 1 is 0.895 bits per heavy atom. The van der Waals surface area contributed by atoms with Gasteiger partial charge in [0.25, 0.3) is 0 Å². The van der Waals surface area contributed by atoms with Crippen LogP contribution < -0.4 is 0 Å². The minimum Gasteiger partial charge on any atom is -0.485 e. The highest BCUT2D eigenvalue weighted by molar-refractivity contribution is 6.12. The molecule has 6 rings (SSSR count). The molecule has 0 spiro atoms. The van der Waals surface area contributed by atoms with Crippen LogP contribution in [0.2, 0.25) is 0 Å². The van der Waals surface area contributed by atoms with Crippen LogP contribution in [-0.4, -0.2) is 48.7 Å². The summed E-state index contributed by atoms with van der Waals surface area (Å²) >= 11 is 0. The largest absolute Gasteiger partial charge is 0.485 e. The molecule has 3 aromatic rings. The third-order valence-corrected chi connectivity index (χ3v) is 6.85. The Kier molecular flexibility index (Phi) is 6.84. The van der Waals surface area contributed by atoms with Crippen molar-refractivity contribution < 1.29 is 28.1 Å². The lowest BCUT2D eigenvalue weighted by Gasteiger charge is -2.30. The molecular formula is C31H30FNO5. The van der Waals surface area contributed by atoms with Gasteiger partial charge in [0.1, 0.15) is 36.0 Å². The lowest BCUT2D eigenvalue weighted by molar-refractivity contribution is -0.229. The van der Waals surface area contributed by atoms with Crippen molar-refractivity contribution in [1.29, 1.82) is 0 Å². The van der Waals surface area contributed by atoms with Gasteiger partial charge in [0.05, 0.1) is 18.9 Å². The predicted octanol–water partition coefficient (Wildman–Crippen LogP) is 5.52. The fourth-order valence-corrected chi connectivity index (χ4v) is 5.10. The molecule has 3 aliphatic heterocycles. The highest BCUT2D eigenvalue weighted by Gasteiger charge is 2.58. The summed E-state index contributed by atoms with van der Waals surface area (Å²) in [5.74, 6) is -0.475. The molecule has 6 nitrogen and oxygen atoms in total. The van der Waals surface area contributed by atoms with Crippen LogP contribution in [-0.2, 0) is 30.3 Å². The normalized spacial score (nSPS) is 28.1. The van der Waals surface area contributed by atoms with Gasteiger partial charge < -0.3 is 23.7 Å². The van der Waals surface area contributed by atoms with E-state index in [0.29, 0.717) is 23.6 Å². The van der Waals surface area contributed by atoms with E-state index in [2.05, 4.69) is 0 Å². The SMILES string of the molecule is CC1(C)O[C@H]2O[C@H]([C@@H]3CN=C(c4cccc(F)c4)C=C(c4ccccc4)O3)[C@H](OCc3ccccc3)[C@H]2O1. The summed E-state index contributed by atoms with van der Waals surface area (Å²) in [6.07, 6.45) is -0.591. The first kappa shape index (κ1) is 24.9. The van der Waals surface area contributed by atoms with Gasteiger partial charge in [0.2, 0.25) is 0 Å². The van der Waals surface area contributed by atoms with Crippen molar-refractivity contribution in [3.05, 3.63) is 114 Å². The Hall–Kier alpha value is -3.36. The first-order chi connectivity index (χ1) is 18.4. The summed E-state index contributed by atoms with van der Waals surface area (Å²) in [5, 5.41) is 0. The summed E-state index contributed by atoms with van der Waals surface area (Å²) in [6, 6.07) is 26.2. The number of rotatable bonds is 6. The highest BCUT2D eigenvalue weighted by Crippen LogP contribution is 2.41. The lowest BCUT2D eigenvalue weighted by Crippen LogP contribution is -2.44. The smallest absolute Gasteiger partial charge is 0.190 e. The number of hydrogen-bond acceptors (Lipinski definition) is 6. The molecule has 5 atom stereocenters. The molecule has 38 heavy (non-hydrogen) atoms. The van der Waals surface area contributed by atoms with Gasteiger partial charge in [0, 0.05) is 17.2 Å². The third-order valence-electron chi connectivity index (χ3n) is 6.85. The number of aliphatic imine (C=N–C) groups is 1. The zero-order valence-electron chi connectivity index (χ0n) is 21.3. The molecular weight excluding hydrogens is 485 g/mol. The van der Waals surface area contributed by atoms with E-state index in [1.54, 1.807) is 6.07 Å². The maximum absolute atomic E-state index is 14.1. The first-order valence-corrected chi connectivity index (χ1v) is 12.9. The second-order valence-corrected chi connectivity index (χ2v) is 10.1. The molecule has 0 aliphatic carbocycles. The summed E-state index contributed by atoms with van der Waals surface area (Å²) in [4.78, 5) is 4.84. The van der Waals surface area contributed by atoms with E-state index in [-0.39, 0.29) is 12.4 Å². The summed E-state index contributed by atoms with van der Waals surface area (Å²) in [7, 11) is 0. The van der Waals surface area contributed by atoms with Crippen LogP contribution in [0.4, 0.5) is 4.39 Å². The van der Waals surface area contributed by atoms with Crippen molar-refractivity contribution in [2.45, 2.75) is 56.9 Å². The predicted molar refractivity (Wildman–Crippen MR) is 141 cm³/mol. The summed E-state index contributed by atoms with van der Waals surface area (Å²) < 4.78 is 45.8. The van der Waals surface area contributed by atoms with E-state index in [1.165, 1.54) is 12.1 Å². The Morgan fingerprint density at radius 2 is 1.63 bits per heavy atom. The highest BCUT2D eigenvalue weighted by atomic mass is 19.1. The standard InChI is InChI=1S/C31H30FNO5/c1-31(2)37-29-28(34-19-20-10-5-3-6-11-20)27(36-30(29)38-31)26-18-33-24(22-14-9-15-23(32)16-22)17-25(35-26)21-12-7-4-8-13-21/h3-17,26-30H,18-19H2,1-2H3/t26-,27+,28-,29+,30+/m0/s1. The molecule has 0 saturated carbocycles. The molecule has 0 amide bonds. The maximum Gasteiger partial charge on any atom is 0.190 e. The molecule has 0 unspecified atom stereocenters. The van der Waals surface area contributed by atoms with Crippen molar-refractivity contribution in [2.24, 2.45) is 4.99 Å². The second-order valence-electron chi connectivity index (χ2n) is 10.1. The van der Waals surface area contributed by atoms with E-state index in [9.17, 15) is 4.39 Å². The fourth-order valence-electron chi connectivity index (χ4n) is 5.10. The van der Waals surface area contributed by atoms with Crippen LogP contribution in [0.5, 0.6) is 0 Å². The van der Waals surface area contributed by atoms with Crippen molar-refractivity contribution in [1.82, 2.24) is 0 Å². The van der Waals surface area contributed by atoms with Crippen LogP contribution >= 0.6 is 0 Å². The molecule has 0 N–H and O–H groups in total. The zero-order valence-corrected chi connectivity index (χ0v) is 21.3. The molecule has 0 radical (unpaired) electrons. The zero-order chi connectivity index (χ0) is 26.1. The molecule has 7 heteroatoms. The van der Waals surface area contributed by atoms with Gasteiger partial charge in [0.15, 0.2) is 12.1 Å². The van der Waals surface area contributed by atoms with Crippen LogP contribution in [0.15, 0.2) is 96.0 Å². The van der Waals surface area contributed by atoms with Gasteiger partial charge in [-0.25, -0.2) is 4.39 Å². The summed E-state index contributed by atoms with van der Waals surface area (Å²) in [6.45, 7) is 4.42. The molecule has 3 aliphatic rings. The minimum absolute atomic E-state index is 0.289. The Balaban J connectivity index is 1.32. The van der Waals surface area contributed by atoms with Gasteiger partial charge in [-0.1, -0.05) is 72.8 Å². The number of allylic oxidation sites excluding steroid dienone is 1. The van der Waals surface area contributed by atoms with Gasteiger partial charge in [-0.15, -0.1) is 0 Å². The third kappa shape index (κ3) is 5.28. The lowest BCUT2D eigenvalue weighted by atomic mass is 10.0. The van der Waals surface area contributed by atoms with Gasteiger partial charge >= 0.3 is 0 Å². The Labute approximate surface area is 221 Å². The van der Waals surface area contributed by atoms with E-state index in [4.69, 9.17) is 28.7 Å².